The molecule has 2 amide bonds. The third-order valence-electron chi connectivity index (χ3n) is 9.62. The fourth-order valence-corrected chi connectivity index (χ4v) is 6.96. The van der Waals surface area contributed by atoms with Gasteiger partial charge < -0.3 is 24.8 Å². The molecule has 0 bridgehead atoms. The van der Waals surface area contributed by atoms with E-state index in [1.54, 1.807) is 0 Å². The Kier molecular flexibility index (Phi) is 9.75. The third-order valence-corrected chi connectivity index (χ3v) is 9.62. The first-order valence-corrected chi connectivity index (χ1v) is 16.7. The first kappa shape index (κ1) is 32.8. The summed E-state index contributed by atoms with van der Waals surface area (Å²) in [5.41, 5.74) is 4.54. The largest absolute Gasteiger partial charge is 0.478 e. The van der Waals surface area contributed by atoms with Gasteiger partial charge in [0.2, 0.25) is 5.91 Å². The zero-order valence-corrected chi connectivity index (χ0v) is 28.1. The zero-order valence-electron chi connectivity index (χ0n) is 27.3. The van der Waals surface area contributed by atoms with Crippen molar-refractivity contribution < 1.29 is 14.3 Å². The van der Waals surface area contributed by atoms with Crippen LogP contribution in [0.4, 0.5) is 5.69 Å². The van der Waals surface area contributed by atoms with Gasteiger partial charge in [-0.25, -0.2) is 0 Å². The monoisotopic (exact) mass is 656 g/mol. The van der Waals surface area contributed by atoms with E-state index in [4.69, 9.17) is 4.74 Å². The third kappa shape index (κ3) is 7.26. The van der Waals surface area contributed by atoms with Crippen LogP contribution in [0.5, 0.6) is 5.75 Å². The minimum atomic E-state index is -0.966. The molecule has 4 aromatic rings. The molecule has 0 unspecified atom stereocenters. The lowest BCUT2D eigenvalue weighted by atomic mass is 9.95. The van der Waals surface area contributed by atoms with E-state index in [1.807, 2.05) is 55.3 Å². The number of ether oxygens (including phenoxy) is 1. The SMILES string of the molecule is CC(C)(Oc1cccc(N2CCC[C@@H](C(=O)N(Cc3ccc(-c4cccc5[nH]ncc45)cc3)C3CC3)C2)c1)C(=O)N1CCNCC1.Cl. The number of fused-ring (bicyclic) bond motifs is 1. The Labute approximate surface area is 283 Å². The molecule has 1 aromatic heterocycles. The second-order valence-electron chi connectivity index (χ2n) is 13.5. The normalized spacial score (nSPS) is 18.5. The minimum absolute atomic E-state index is 0. The molecule has 1 saturated carbocycles. The van der Waals surface area contributed by atoms with Crippen LogP contribution in [0, 0.1) is 5.92 Å². The van der Waals surface area contributed by atoms with E-state index in [-0.39, 0.29) is 30.1 Å². The summed E-state index contributed by atoms with van der Waals surface area (Å²) < 4.78 is 6.30. The summed E-state index contributed by atoms with van der Waals surface area (Å²) in [5, 5.41) is 11.7. The summed E-state index contributed by atoms with van der Waals surface area (Å²) in [7, 11) is 0. The van der Waals surface area contributed by atoms with Crippen LogP contribution in [-0.2, 0) is 16.1 Å². The topological polar surface area (TPSA) is 93.8 Å². The number of anilines is 1. The molecule has 10 heteroatoms. The Morgan fingerprint density at radius 1 is 0.979 bits per heavy atom. The molecule has 3 aliphatic rings. The first-order valence-electron chi connectivity index (χ1n) is 16.7. The minimum Gasteiger partial charge on any atom is -0.478 e. The Bertz CT molecular complexity index is 1700. The number of rotatable bonds is 9. The van der Waals surface area contributed by atoms with Crippen LogP contribution >= 0.6 is 12.4 Å². The molecule has 2 aliphatic heterocycles. The molecule has 0 radical (unpaired) electrons. The van der Waals surface area contributed by atoms with Crippen molar-refractivity contribution in [3.63, 3.8) is 0 Å². The molecule has 3 fully saturated rings. The molecular weight excluding hydrogens is 612 g/mol. The highest BCUT2D eigenvalue weighted by atomic mass is 35.5. The van der Waals surface area contributed by atoms with Gasteiger partial charge in [-0.1, -0.05) is 42.5 Å². The number of carbonyl (C=O) groups is 2. The van der Waals surface area contributed by atoms with Crippen molar-refractivity contribution in [3.05, 3.63) is 78.5 Å². The standard InChI is InChI=1S/C37H44N6O3.ClH/c1-37(2,36(45)41-20-17-38-18-21-41)46-31-8-3-7-30(22-31)42-19-5-6-28(25-42)35(44)43(29-15-16-29)24-26-11-13-27(14-12-26)32-9-4-10-34-33(32)23-39-40-34;/h3-4,7-14,22-23,28-29,38H,5-6,15-21,24-25H2,1-2H3,(H,39,40);1H/t28-;/m1./s1. The van der Waals surface area contributed by atoms with E-state index >= 15 is 0 Å². The van der Waals surface area contributed by atoms with Gasteiger partial charge >= 0.3 is 0 Å². The lowest BCUT2D eigenvalue weighted by Crippen LogP contribution is -2.54. The number of aromatic nitrogens is 2. The Morgan fingerprint density at radius 2 is 1.74 bits per heavy atom. The van der Waals surface area contributed by atoms with Gasteiger partial charge in [0, 0.05) is 69.0 Å². The van der Waals surface area contributed by atoms with E-state index in [0.29, 0.717) is 38.0 Å². The van der Waals surface area contributed by atoms with Crippen LogP contribution in [0.15, 0.2) is 72.9 Å². The summed E-state index contributed by atoms with van der Waals surface area (Å²) in [6, 6.07) is 23.1. The number of hydrogen-bond donors (Lipinski definition) is 2. The maximum atomic E-state index is 14.1. The smallest absolute Gasteiger partial charge is 0.266 e. The van der Waals surface area contributed by atoms with Crippen molar-refractivity contribution in [2.24, 2.45) is 5.92 Å². The number of piperidine rings is 1. The highest BCUT2D eigenvalue weighted by Crippen LogP contribution is 2.34. The quantitative estimate of drug-likeness (QED) is 0.242. The average molecular weight is 657 g/mol. The summed E-state index contributed by atoms with van der Waals surface area (Å²) >= 11 is 0. The van der Waals surface area contributed by atoms with Crippen LogP contribution < -0.4 is 15.0 Å². The van der Waals surface area contributed by atoms with E-state index < -0.39 is 5.60 Å². The highest BCUT2D eigenvalue weighted by Gasteiger charge is 2.38. The molecule has 1 atom stereocenters. The average Bonchev–Trinajstić information content (AvgIpc) is 3.82. The van der Waals surface area contributed by atoms with E-state index in [9.17, 15) is 9.59 Å². The van der Waals surface area contributed by atoms with Gasteiger partial charge in [-0.05, 0) is 74.4 Å². The van der Waals surface area contributed by atoms with Crippen LogP contribution in [-0.4, -0.2) is 82.7 Å². The predicted octanol–water partition coefficient (Wildman–Crippen LogP) is 5.65. The summed E-state index contributed by atoms with van der Waals surface area (Å²) in [6.45, 7) is 8.91. The number of nitrogens with zero attached hydrogens (tertiary/aromatic N) is 4. The second kappa shape index (κ2) is 14.0. The van der Waals surface area contributed by atoms with Gasteiger partial charge in [0.25, 0.3) is 5.91 Å². The van der Waals surface area contributed by atoms with Crippen LogP contribution in [0.2, 0.25) is 0 Å². The Hall–Kier alpha value is -4.08. The lowest BCUT2D eigenvalue weighted by molar-refractivity contribution is -0.146. The second-order valence-corrected chi connectivity index (χ2v) is 13.5. The Balaban J connectivity index is 0.00000386. The van der Waals surface area contributed by atoms with Crippen molar-refractivity contribution in [2.75, 3.05) is 44.2 Å². The van der Waals surface area contributed by atoms with Crippen molar-refractivity contribution >= 4 is 40.8 Å². The van der Waals surface area contributed by atoms with E-state index in [1.165, 1.54) is 0 Å². The number of carbonyl (C=O) groups excluding carboxylic acids is 2. The number of nitrogens with one attached hydrogen (secondary N) is 2. The van der Waals surface area contributed by atoms with Gasteiger partial charge in [0.05, 0.1) is 17.6 Å². The van der Waals surface area contributed by atoms with Crippen LogP contribution in [0.1, 0.15) is 45.1 Å². The van der Waals surface area contributed by atoms with Gasteiger partial charge in [0.15, 0.2) is 5.60 Å². The number of benzene rings is 3. The molecular formula is C37H45ClN6O3. The molecule has 0 spiro atoms. The van der Waals surface area contributed by atoms with Crippen molar-refractivity contribution in [3.8, 4) is 16.9 Å². The van der Waals surface area contributed by atoms with Crippen LogP contribution in [0.25, 0.3) is 22.0 Å². The maximum absolute atomic E-state index is 14.1. The molecule has 2 N–H and O–H groups in total. The summed E-state index contributed by atoms with van der Waals surface area (Å²) in [5.74, 6) is 0.886. The number of amides is 2. The molecule has 7 rings (SSSR count). The molecule has 3 aromatic carbocycles. The number of H-pyrrole nitrogens is 1. The molecule has 248 valence electrons. The molecule has 47 heavy (non-hydrogen) atoms. The van der Waals surface area contributed by atoms with Gasteiger partial charge in [0.1, 0.15) is 5.75 Å². The molecule has 2 saturated heterocycles. The van der Waals surface area contributed by atoms with Crippen molar-refractivity contribution in [2.45, 2.75) is 57.7 Å². The Morgan fingerprint density at radius 3 is 2.51 bits per heavy atom. The van der Waals surface area contributed by atoms with E-state index in [0.717, 1.165) is 78.6 Å². The molecule has 1 aliphatic carbocycles. The number of hydrogen-bond acceptors (Lipinski definition) is 6. The maximum Gasteiger partial charge on any atom is 0.266 e. The fourth-order valence-electron chi connectivity index (χ4n) is 6.96. The first-order chi connectivity index (χ1) is 22.4. The number of aromatic amines is 1. The molecule has 9 nitrogen and oxygen atoms in total. The lowest BCUT2D eigenvalue weighted by Gasteiger charge is -2.37. The van der Waals surface area contributed by atoms with Gasteiger partial charge in [-0.3, -0.25) is 14.7 Å². The predicted molar refractivity (Wildman–Crippen MR) is 188 cm³/mol. The number of halogens is 1. The summed E-state index contributed by atoms with van der Waals surface area (Å²) in [6.07, 6.45) is 5.88. The van der Waals surface area contributed by atoms with E-state index in [2.05, 4.69) is 61.7 Å². The number of piperazine rings is 1. The van der Waals surface area contributed by atoms with Gasteiger partial charge in [-0.15, -0.1) is 12.4 Å². The van der Waals surface area contributed by atoms with Crippen LogP contribution in [0.3, 0.4) is 0 Å². The highest BCUT2D eigenvalue weighted by molar-refractivity contribution is 5.94. The van der Waals surface area contributed by atoms with Gasteiger partial charge in [-0.2, -0.15) is 5.10 Å². The summed E-state index contributed by atoms with van der Waals surface area (Å²) in [4.78, 5) is 33.6. The molecule has 3 heterocycles. The van der Waals surface area contributed by atoms with Crippen molar-refractivity contribution in [1.29, 1.82) is 0 Å². The van der Waals surface area contributed by atoms with Crippen molar-refractivity contribution in [1.82, 2.24) is 25.3 Å². The fraction of sp³-hybridized carbons (Fsp3) is 0.432. The zero-order chi connectivity index (χ0) is 31.7.